The Morgan fingerprint density at radius 2 is 1.66 bits per heavy atom. The number of aromatic nitrogens is 2. The number of para-hydroxylation sites is 1. The van der Waals surface area contributed by atoms with E-state index in [-0.39, 0.29) is 10.7 Å². The van der Waals surface area contributed by atoms with Crippen molar-refractivity contribution >= 4 is 38.4 Å². The number of ether oxygens (including phenoxy) is 1. The third-order valence-electron chi connectivity index (χ3n) is 5.14. The van der Waals surface area contributed by atoms with Gasteiger partial charge in [-0.2, -0.15) is 0 Å². The lowest BCUT2D eigenvalue weighted by Crippen LogP contribution is -2.16. The summed E-state index contributed by atoms with van der Waals surface area (Å²) in [6.07, 6.45) is 0.809. The zero-order chi connectivity index (χ0) is 22.7. The number of rotatable bonds is 7. The van der Waals surface area contributed by atoms with Gasteiger partial charge in [0.15, 0.2) is 11.6 Å². The minimum absolute atomic E-state index is 0.122. The van der Waals surface area contributed by atoms with Gasteiger partial charge in [-0.3, -0.25) is 4.72 Å². The number of nitrogens with zero attached hydrogens (tertiary/aromatic N) is 2. The first-order valence-corrected chi connectivity index (χ1v) is 11.7. The van der Waals surface area contributed by atoms with Crippen LogP contribution < -0.4 is 14.8 Å². The number of fused-ring (bicyclic) bond motifs is 1. The minimum Gasteiger partial charge on any atom is -0.497 e. The molecule has 0 unspecified atom stereocenters. The number of nitrogens with one attached hydrogen (secondary N) is 2. The summed E-state index contributed by atoms with van der Waals surface area (Å²) in [5.74, 6) is 1.08. The first kappa shape index (κ1) is 21.6. The highest BCUT2D eigenvalue weighted by molar-refractivity contribution is 7.92. The Morgan fingerprint density at radius 1 is 0.906 bits per heavy atom. The summed E-state index contributed by atoms with van der Waals surface area (Å²) in [5, 5.41) is 3.32. The van der Waals surface area contributed by atoms with Crippen LogP contribution in [0.2, 0.25) is 0 Å². The summed E-state index contributed by atoms with van der Waals surface area (Å²) in [6.45, 7) is 4.06. The molecule has 1 aromatic heterocycles. The van der Waals surface area contributed by atoms with Crippen LogP contribution in [0.3, 0.4) is 0 Å². The zero-order valence-electron chi connectivity index (χ0n) is 18.1. The summed E-state index contributed by atoms with van der Waals surface area (Å²) < 4.78 is 33.9. The van der Waals surface area contributed by atoms with Crippen molar-refractivity contribution in [2.24, 2.45) is 0 Å². The molecule has 1 heterocycles. The van der Waals surface area contributed by atoms with Crippen molar-refractivity contribution < 1.29 is 13.2 Å². The molecule has 0 saturated heterocycles. The Kier molecular flexibility index (Phi) is 5.96. The normalized spacial score (nSPS) is 11.3. The summed E-state index contributed by atoms with van der Waals surface area (Å²) in [7, 11) is -2.27. The number of benzene rings is 3. The van der Waals surface area contributed by atoms with Crippen LogP contribution in [0, 0.1) is 6.92 Å². The summed E-state index contributed by atoms with van der Waals surface area (Å²) in [6, 6.07) is 19.5. The van der Waals surface area contributed by atoms with E-state index >= 15 is 0 Å². The van der Waals surface area contributed by atoms with E-state index in [0.717, 1.165) is 23.2 Å². The van der Waals surface area contributed by atoms with Gasteiger partial charge in [-0.25, -0.2) is 18.4 Å². The van der Waals surface area contributed by atoms with Crippen LogP contribution in [0.4, 0.5) is 17.3 Å². The van der Waals surface area contributed by atoms with E-state index in [1.807, 2.05) is 25.1 Å². The number of anilines is 3. The predicted molar refractivity (Wildman–Crippen MR) is 127 cm³/mol. The minimum atomic E-state index is -3.85. The molecule has 0 atom stereocenters. The summed E-state index contributed by atoms with van der Waals surface area (Å²) in [4.78, 5) is 9.41. The monoisotopic (exact) mass is 448 g/mol. The molecule has 4 aromatic rings. The number of methoxy groups -OCH3 is 1. The van der Waals surface area contributed by atoms with Crippen LogP contribution in [-0.4, -0.2) is 25.5 Å². The van der Waals surface area contributed by atoms with E-state index in [1.165, 1.54) is 12.1 Å². The van der Waals surface area contributed by atoms with Crippen molar-refractivity contribution in [1.82, 2.24) is 9.97 Å². The van der Waals surface area contributed by atoms with Crippen LogP contribution >= 0.6 is 0 Å². The highest BCUT2D eigenvalue weighted by Gasteiger charge is 2.20. The molecular formula is C24H24N4O3S. The van der Waals surface area contributed by atoms with Gasteiger partial charge in [-0.15, -0.1) is 0 Å². The molecule has 4 rings (SSSR count). The maximum atomic E-state index is 13.0. The van der Waals surface area contributed by atoms with E-state index in [2.05, 4.69) is 21.9 Å². The summed E-state index contributed by atoms with van der Waals surface area (Å²) in [5.41, 5.74) is 4.12. The average Bonchev–Trinajstić information content (AvgIpc) is 2.80. The average molecular weight is 449 g/mol. The standard InChI is InChI=1S/C24H24N4O3S/c1-4-17-10-8-9-16(2)22(17)27-23-24(28-32(29,30)19-11-6-5-7-12-19)25-20-14-13-18(31-3)15-21(20)26-23/h5-15H,4H2,1-3H3,(H,25,28)(H,26,27). The smallest absolute Gasteiger partial charge is 0.263 e. The molecule has 0 amide bonds. The predicted octanol–water partition coefficient (Wildman–Crippen LogP) is 5.05. The van der Waals surface area contributed by atoms with Crippen molar-refractivity contribution in [3.05, 3.63) is 77.9 Å². The van der Waals surface area contributed by atoms with Crippen molar-refractivity contribution in [3.63, 3.8) is 0 Å². The quantitative estimate of drug-likeness (QED) is 0.411. The van der Waals surface area contributed by atoms with Gasteiger partial charge in [0, 0.05) is 11.8 Å². The molecule has 0 aliphatic carbocycles. The van der Waals surface area contributed by atoms with Crippen molar-refractivity contribution in [2.75, 3.05) is 17.1 Å². The van der Waals surface area contributed by atoms with Crippen molar-refractivity contribution in [1.29, 1.82) is 0 Å². The Balaban J connectivity index is 1.85. The van der Waals surface area contributed by atoms with Gasteiger partial charge in [0.1, 0.15) is 5.75 Å². The second-order valence-electron chi connectivity index (χ2n) is 7.28. The van der Waals surface area contributed by atoms with Gasteiger partial charge in [0.25, 0.3) is 10.0 Å². The fourth-order valence-corrected chi connectivity index (χ4v) is 4.46. The van der Waals surface area contributed by atoms with E-state index in [0.29, 0.717) is 22.6 Å². The van der Waals surface area contributed by atoms with Crippen LogP contribution in [0.15, 0.2) is 71.6 Å². The fourth-order valence-electron chi connectivity index (χ4n) is 3.43. The fraction of sp³-hybridized carbons (Fsp3) is 0.167. The molecule has 0 fully saturated rings. The highest BCUT2D eigenvalue weighted by atomic mass is 32.2. The van der Waals surface area contributed by atoms with Gasteiger partial charge >= 0.3 is 0 Å². The third kappa shape index (κ3) is 4.36. The molecule has 0 aliphatic heterocycles. The molecule has 0 aliphatic rings. The first-order chi connectivity index (χ1) is 15.4. The van der Waals surface area contributed by atoms with Gasteiger partial charge in [-0.1, -0.05) is 43.3 Å². The second kappa shape index (κ2) is 8.84. The Labute approximate surface area is 187 Å². The molecule has 7 nitrogen and oxygen atoms in total. The molecule has 2 N–H and O–H groups in total. The number of hydrogen-bond acceptors (Lipinski definition) is 6. The summed E-state index contributed by atoms with van der Waals surface area (Å²) >= 11 is 0. The van der Waals surface area contributed by atoms with E-state index in [1.54, 1.807) is 43.5 Å². The molecule has 8 heteroatoms. The molecule has 164 valence electrons. The number of aryl methyl sites for hydroxylation is 2. The topological polar surface area (TPSA) is 93.2 Å². The van der Waals surface area contributed by atoms with E-state index in [4.69, 9.17) is 9.72 Å². The lowest BCUT2D eigenvalue weighted by atomic mass is 10.1. The van der Waals surface area contributed by atoms with Crippen LogP contribution in [0.1, 0.15) is 18.1 Å². The zero-order valence-corrected chi connectivity index (χ0v) is 18.9. The van der Waals surface area contributed by atoms with Crippen molar-refractivity contribution in [2.45, 2.75) is 25.2 Å². The third-order valence-corrected chi connectivity index (χ3v) is 6.49. The van der Waals surface area contributed by atoms with Gasteiger partial charge in [0.05, 0.1) is 23.0 Å². The molecule has 0 bridgehead atoms. The maximum absolute atomic E-state index is 13.0. The molecule has 32 heavy (non-hydrogen) atoms. The first-order valence-electron chi connectivity index (χ1n) is 10.2. The lowest BCUT2D eigenvalue weighted by Gasteiger charge is -2.17. The Hall–Kier alpha value is -3.65. The molecule has 3 aromatic carbocycles. The molecule has 0 spiro atoms. The van der Waals surface area contributed by atoms with E-state index < -0.39 is 10.0 Å². The van der Waals surface area contributed by atoms with Crippen molar-refractivity contribution in [3.8, 4) is 5.75 Å². The number of sulfonamides is 1. The molecular weight excluding hydrogens is 424 g/mol. The Morgan fingerprint density at radius 3 is 2.38 bits per heavy atom. The lowest BCUT2D eigenvalue weighted by molar-refractivity contribution is 0.415. The second-order valence-corrected chi connectivity index (χ2v) is 8.96. The molecule has 0 saturated carbocycles. The SMILES string of the molecule is CCc1cccc(C)c1Nc1nc2cc(OC)ccc2nc1NS(=O)(=O)c1ccccc1. The maximum Gasteiger partial charge on any atom is 0.263 e. The van der Waals surface area contributed by atoms with Gasteiger partial charge < -0.3 is 10.1 Å². The molecule has 0 radical (unpaired) electrons. The highest BCUT2D eigenvalue weighted by Crippen LogP contribution is 2.31. The van der Waals surface area contributed by atoms with Crippen LogP contribution in [0.5, 0.6) is 5.75 Å². The van der Waals surface area contributed by atoms with E-state index in [9.17, 15) is 8.42 Å². The van der Waals surface area contributed by atoms with Gasteiger partial charge in [-0.05, 0) is 48.7 Å². The van der Waals surface area contributed by atoms with Crippen LogP contribution in [0.25, 0.3) is 11.0 Å². The largest absolute Gasteiger partial charge is 0.497 e. The van der Waals surface area contributed by atoms with Crippen LogP contribution in [-0.2, 0) is 16.4 Å². The number of hydrogen-bond donors (Lipinski definition) is 2. The van der Waals surface area contributed by atoms with Gasteiger partial charge in [0.2, 0.25) is 0 Å². The Bertz CT molecular complexity index is 1370.